The third kappa shape index (κ3) is 2.48. The first-order chi connectivity index (χ1) is 12.8. The summed E-state index contributed by atoms with van der Waals surface area (Å²) in [7, 11) is 0. The Morgan fingerprint density at radius 3 is 2.96 bits per heavy atom. The molecular formula is C20H15N5O. The van der Waals surface area contributed by atoms with Crippen LogP contribution in [-0.4, -0.2) is 20.9 Å². The van der Waals surface area contributed by atoms with Crippen LogP contribution < -0.4 is 10.6 Å². The number of nitrogens with one attached hydrogen (secondary N) is 3. The molecule has 2 aromatic heterocycles. The quantitative estimate of drug-likeness (QED) is 0.517. The number of hydrogen-bond acceptors (Lipinski definition) is 4. The number of aromatic amines is 1. The first-order valence-corrected chi connectivity index (χ1v) is 8.35. The van der Waals surface area contributed by atoms with Crippen molar-refractivity contribution in [3.05, 3.63) is 66.5 Å². The number of para-hydroxylation sites is 1. The summed E-state index contributed by atoms with van der Waals surface area (Å²) in [5, 5.41) is 7.30. The van der Waals surface area contributed by atoms with Crippen molar-refractivity contribution in [2.24, 2.45) is 0 Å². The molecule has 6 heteroatoms. The van der Waals surface area contributed by atoms with Crippen LogP contribution in [0.15, 0.2) is 60.9 Å². The van der Waals surface area contributed by atoms with Crippen molar-refractivity contribution in [3.63, 3.8) is 0 Å². The smallest absolute Gasteiger partial charge is 0.228 e. The van der Waals surface area contributed by atoms with Crippen molar-refractivity contribution in [1.29, 1.82) is 0 Å². The number of rotatable bonds is 2. The molecule has 5 rings (SSSR count). The minimum atomic E-state index is -0.0570. The van der Waals surface area contributed by atoms with Gasteiger partial charge >= 0.3 is 0 Å². The van der Waals surface area contributed by atoms with Crippen LogP contribution in [0.5, 0.6) is 0 Å². The minimum absolute atomic E-state index is 0.0570. The van der Waals surface area contributed by atoms with E-state index in [-0.39, 0.29) is 12.3 Å². The van der Waals surface area contributed by atoms with Gasteiger partial charge in [-0.3, -0.25) is 4.79 Å². The van der Waals surface area contributed by atoms with Crippen molar-refractivity contribution in [2.45, 2.75) is 6.42 Å². The monoisotopic (exact) mass is 341 g/mol. The summed E-state index contributed by atoms with van der Waals surface area (Å²) in [6.45, 7) is 0. The Morgan fingerprint density at radius 2 is 2.00 bits per heavy atom. The molecule has 26 heavy (non-hydrogen) atoms. The Labute approximate surface area is 149 Å². The van der Waals surface area contributed by atoms with Crippen LogP contribution >= 0.6 is 0 Å². The summed E-state index contributed by atoms with van der Waals surface area (Å²) in [5.74, 6) is 0.446. The van der Waals surface area contributed by atoms with E-state index in [1.807, 2.05) is 54.7 Å². The number of fused-ring (bicyclic) bond motifs is 4. The summed E-state index contributed by atoms with van der Waals surface area (Å²) >= 11 is 0. The van der Waals surface area contributed by atoms with Gasteiger partial charge in [0, 0.05) is 40.1 Å². The maximum Gasteiger partial charge on any atom is 0.228 e. The highest BCUT2D eigenvalue weighted by Gasteiger charge is 2.20. The SMILES string of the molecule is O=C1Cc2cnc(Nc3ccc4[nH]ccc4c3)nc2-c2ccccc2N1. The fraction of sp³-hybridized carbons (Fsp3) is 0.0500. The Balaban J connectivity index is 1.57. The lowest BCUT2D eigenvalue weighted by atomic mass is 10.1. The van der Waals surface area contributed by atoms with E-state index >= 15 is 0 Å². The standard InChI is InChI=1S/C20H15N5O/c26-18-10-13-11-22-20(23-14-5-6-16-12(9-14)7-8-21-16)25-19(13)15-3-1-2-4-17(15)24-18/h1-9,11,21H,10H2,(H,24,26)(H,22,23,25). The Hall–Kier alpha value is -3.67. The van der Waals surface area contributed by atoms with Crippen LogP contribution in [0.3, 0.4) is 0 Å². The lowest BCUT2D eigenvalue weighted by Crippen LogP contribution is -2.12. The van der Waals surface area contributed by atoms with E-state index in [0.29, 0.717) is 5.95 Å². The number of amides is 1. The second kappa shape index (κ2) is 5.70. The van der Waals surface area contributed by atoms with Crippen LogP contribution in [0.4, 0.5) is 17.3 Å². The fourth-order valence-corrected chi connectivity index (χ4v) is 3.26. The summed E-state index contributed by atoms with van der Waals surface area (Å²) in [6.07, 6.45) is 3.90. The fourth-order valence-electron chi connectivity index (χ4n) is 3.26. The topological polar surface area (TPSA) is 82.7 Å². The number of nitrogens with zero attached hydrogens (tertiary/aromatic N) is 2. The zero-order valence-corrected chi connectivity index (χ0v) is 13.8. The second-order valence-electron chi connectivity index (χ2n) is 6.24. The third-order valence-corrected chi connectivity index (χ3v) is 4.48. The Kier molecular flexibility index (Phi) is 3.21. The lowest BCUT2D eigenvalue weighted by Gasteiger charge is -2.10. The molecule has 2 aromatic carbocycles. The van der Waals surface area contributed by atoms with Gasteiger partial charge in [0.2, 0.25) is 11.9 Å². The number of anilines is 3. The summed E-state index contributed by atoms with van der Waals surface area (Å²) in [6, 6.07) is 15.7. The van der Waals surface area contributed by atoms with E-state index in [1.54, 1.807) is 6.20 Å². The molecule has 0 bridgehead atoms. The van der Waals surface area contributed by atoms with Crippen LogP contribution in [0.1, 0.15) is 5.56 Å². The molecule has 0 atom stereocenters. The zero-order valence-electron chi connectivity index (χ0n) is 13.8. The molecule has 1 amide bonds. The minimum Gasteiger partial charge on any atom is -0.361 e. The van der Waals surface area contributed by atoms with Crippen molar-refractivity contribution >= 4 is 34.1 Å². The molecule has 3 heterocycles. The van der Waals surface area contributed by atoms with Gasteiger partial charge in [0.05, 0.1) is 17.8 Å². The third-order valence-electron chi connectivity index (χ3n) is 4.48. The number of aromatic nitrogens is 3. The van der Waals surface area contributed by atoms with Crippen LogP contribution in [0, 0.1) is 0 Å². The largest absolute Gasteiger partial charge is 0.361 e. The van der Waals surface area contributed by atoms with Gasteiger partial charge in [0.15, 0.2) is 0 Å². The van der Waals surface area contributed by atoms with Crippen molar-refractivity contribution in [2.75, 3.05) is 10.6 Å². The first-order valence-electron chi connectivity index (χ1n) is 8.35. The zero-order chi connectivity index (χ0) is 17.5. The highest BCUT2D eigenvalue weighted by Crippen LogP contribution is 2.33. The molecule has 126 valence electrons. The number of hydrogen-bond donors (Lipinski definition) is 3. The summed E-state index contributed by atoms with van der Waals surface area (Å²) < 4.78 is 0. The van der Waals surface area contributed by atoms with E-state index in [0.717, 1.165) is 39.1 Å². The van der Waals surface area contributed by atoms with E-state index in [1.165, 1.54) is 0 Å². The van der Waals surface area contributed by atoms with Gasteiger partial charge in [-0.1, -0.05) is 18.2 Å². The van der Waals surface area contributed by atoms with Gasteiger partial charge in [0.1, 0.15) is 0 Å². The highest BCUT2D eigenvalue weighted by molar-refractivity contribution is 6.00. The lowest BCUT2D eigenvalue weighted by molar-refractivity contribution is -0.115. The summed E-state index contributed by atoms with van der Waals surface area (Å²) in [4.78, 5) is 24.4. The molecule has 0 spiro atoms. The van der Waals surface area contributed by atoms with E-state index < -0.39 is 0 Å². The average Bonchev–Trinajstić information content (AvgIpc) is 3.06. The molecule has 1 aliphatic rings. The van der Waals surface area contributed by atoms with Crippen LogP contribution in [-0.2, 0) is 11.2 Å². The first kappa shape index (κ1) is 14.7. The molecule has 3 N–H and O–H groups in total. The highest BCUT2D eigenvalue weighted by atomic mass is 16.1. The number of carbonyl (C=O) groups excluding carboxylic acids is 1. The molecule has 0 saturated carbocycles. The molecule has 6 nitrogen and oxygen atoms in total. The van der Waals surface area contributed by atoms with E-state index in [4.69, 9.17) is 0 Å². The molecule has 1 aliphatic heterocycles. The summed E-state index contributed by atoms with van der Waals surface area (Å²) in [5.41, 5.74) is 5.26. The molecule has 0 saturated heterocycles. The number of carbonyl (C=O) groups is 1. The predicted octanol–water partition coefficient (Wildman–Crippen LogP) is 3.86. The number of benzene rings is 2. The van der Waals surface area contributed by atoms with Crippen molar-refractivity contribution in [3.8, 4) is 11.3 Å². The Bertz CT molecular complexity index is 1150. The van der Waals surface area contributed by atoms with Gasteiger partial charge in [-0.15, -0.1) is 0 Å². The maximum absolute atomic E-state index is 12.1. The van der Waals surface area contributed by atoms with Crippen LogP contribution in [0.25, 0.3) is 22.2 Å². The van der Waals surface area contributed by atoms with E-state index in [9.17, 15) is 4.79 Å². The molecule has 0 aliphatic carbocycles. The van der Waals surface area contributed by atoms with Crippen LogP contribution in [0.2, 0.25) is 0 Å². The molecule has 0 fully saturated rings. The average molecular weight is 341 g/mol. The predicted molar refractivity (Wildman–Crippen MR) is 101 cm³/mol. The number of H-pyrrole nitrogens is 1. The van der Waals surface area contributed by atoms with Gasteiger partial charge in [-0.2, -0.15) is 0 Å². The maximum atomic E-state index is 12.1. The van der Waals surface area contributed by atoms with Crippen molar-refractivity contribution < 1.29 is 4.79 Å². The molecule has 4 aromatic rings. The van der Waals surface area contributed by atoms with Gasteiger partial charge in [0.25, 0.3) is 0 Å². The van der Waals surface area contributed by atoms with E-state index in [2.05, 4.69) is 25.6 Å². The second-order valence-corrected chi connectivity index (χ2v) is 6.24. The molecular weight excluding hydrogens is 326 g/mol. The molecule has 0 radical (unpaired) electrons. The molecule has 0 unspecified atom stereocenters. The Morgan fingerprint density at radius 1 is 1.08 bits per heavy atom. The van der Waals surface area contributed by atoms with Gasteiger partial charge < -0.3 is 15.6 Å². The van der Waals surface area contributed by atoms with Crippen molar-refractivity contribution in [1.82, 2.24) is 15.0 Å². The van der Waals surface area contributed by atoms with Gasteiger partial charge in [-0.05, 0) is 30.3 Å². The normalized spacial score (nSPS) is 12.8. The van der Waals surface area contributed by atoms with Gasteiger partial charge in [-0.25, -0.2) is 9.97 Å².